The summed E-state index contributed by atoms with van der Waals surface area (Å²) in [6.45, 7) is 1.83. The number of hydrogen-bond acceptors (Lipinski definition) is 6. The van der Waals surface area contributed by atoms with Crippen LogP contribution in [-0.2, 0) is 20.9 Å². The largest absolute Gasteiger partial charge is 0.478 e. The zero-order chi connectivity index (χ0) is 21.4. The molecule has 4 rings (SSSR count). The van der Waals surface area contributed by atoms with Gasteiger partial charge in [0.15, 0.2) is 6.10 Å². The lowest BCUT2D eigenvalue weighted by atomic mass is 10.1. The van der Waals surface area contributed by atoms with Crippen molar-refractivity contribution in [1.29, 1.82) is 0 Å². The van der Waals surface area contributed by atoms with Gasteiger partial charge >= 0.3 is 5.97 Å². The van der Waals surface area contributed by atoms with E-state index < -0.39 is 29.6 Å². The molecule has 0 saturated carbocycles. The van der Waals surface area contributed by atoms with Crippen LogP contribution in [0.3, 0.4) is 0 Å². The van der Waals surface area contributed by atoms with Gasteiger partial charge < -0.3 is 9.47 Å². The van der Waals surface area contributed by atoms with Gasteiger partial charge in [0.2, 0.25) is 0 Å². The maximum Gasteiger partial charge on any atom is 0.310 e. The standard InChI is InChI=1S/C20H15ClF2N2O4S/c1-2-28-18(26)8-16-20(27)25(14-5-10(21)3-4-15(14)29-16)9-17-24-13-7-11(22)6-12(23)19(13)30-17/h3-7,16H,2,8-9H2,1H3. The van der Waals surface area contributed by atoms with Crippen molar-refractivity contribution in [3.8, 4) is 5.75 Å². The van der Waals surface area contributed by atoms with E-state index in [0.717, 1.165) is 23.5 Å². The normalized spacial score (nSPS) is 15.8. The van der Waals surface area contributed by atoms with Crippen LogP contribution in [-0.4, -0.2) is 29.6 Å². The Hall–Kier alpha value is -2.78. The Morgan fingerprint density at radius 1 is 1.33 bits per heavy atom. The fraction of sp³-hybridized carbons (Fsp3) is 0.250. The molecule has 1 aliphatic rings. The quantitative estimate of drug-likeness (QED) is 0.534. The number of fused-ring (bicyclic) bond motifs is 2. The second-order valence-corrected chi connectivity index (χ2v) is 8.02. The summed E-state index contributed by atoms with van der Waals surface area (Å²) in [5.41, 5.74) is 0.570. The number of carbonyl (C=O) groups is 2. The summed E-state index contributed by atoms with van der Waals surface area (Å²) in [7, 11) is 0. The van der Waals surface area contributed by atoms with E-state index in [2.05, 4.69) is 4.98 Å². The zero-order valence-electron chi connectivity index (χ0n) is 15.7. The summed E-state index contributed by atoms with van der Waals surface area (Å²) in [6, 6.07) is 6.68. The molecule has 1 unspecified atom stereocenters. The number of ether oxygens (including phenoxy) is 2. The predicted molar refractivity (Wildman–Crippen MR) is 108 cm³/mol. The molecule has 10 heteroatoms. The van der Waals surface area contributed by atoms with Gasteiger partial charge in [0, 0.05) is 17.2 Å². The van der Waals surface area contributed by atoms with Crippen molar-refractivity contribution in [3.05, 3.63) is 52.0 Å². The van der Waals surface area contributed by atoms with Gasteiger partial charge in [-0.05, 0) is 25.1 Å². The van der Waals surface area contributed by atoms with Gasteiger partial charge in [-0.15, -0.1) is 11.3 Å². The van der Waals surface area contributed by atoms with E-state index >= 15 is 0 Å². The fourth-order valence-corrected chi connectivity index (χ4v) is 4.27. The second-order valence-electron chi connectivity index (χ2n) is 6.50. The summed E-state index contributed by atoms with van der Waals surface area (Å²) < 4.78 is 38.4. The minimum absolute atomic E-state index is 0.0186. The Morgan fingerprint density at radius 2 is 2.13 bits per heavy atom. The van der Waals surface area contributed by atoms with Crippen molar-refractivity contribution in [2.45, 2.75) is 26.0 Å². The highest BCUT2D eigenvalue weighted by atomic mass is 35.5. The molecule has 156 valence electrons. The average Bonchev–Trinajstić information content (AvgIpc) is 3.08. The van der Waals surface area contributed by atoms with E-state index in [0.29, 0.717) is 21.5 Å². The van der Waals surface area contributed by atoms with Crippen LogP contribution in [0.5, 0.6) is 5.75 Å². The highest BCUT2D eigenvalue weighted by Crippen LogP contribution is 2.38. The molecule has 0 fully saturated rings. The van der Waals surface area contributed by atoms with E-state index in [1.54, 1.807) is 25.1 Å². The summed E-state index contributed by atoms with van der Waals surface area (Å²) in [4.78, 5) is 30.6. The first-order valence-corrected chi connectivity index (χ1v) is 10.2. The lowest BCUT2D eigenvalue weighted by molar-refractivity contribution is -0.147. The third-order valence-electron chi connectivity index (χ3n) is 4.43. The Bertz CT molecular complexity index is 1150. The molecular formula is C20H15ClF2N2O4S. The third-order valence-corrected chi connectivity index (χ3v) is 5.73. The molecule has 1 amide bonds. The molecule has 30 heavy (non-hydrogen) atoms. The maximum atomic E-state index is 14.0. The molecule has 0 saturated heterocycles. The van der Waals surface area contributed by atoms with Gasteiger partial charge in [0.05, 0.1) is 35.5 Å². The van der Waals surface area contributed by atoms with Gasteiger partial charge in [0.1, 0.15) is 22.4 Å². The topological polar surface area (TPSA) is 68.7 Å². The van der Waals surface area contributed by atoms with Crippen molar-refractivity contribution in [2.24, 2.45) is 0 Å². The molecule has 0 N–H and O–H groups in total. The molecule has 0 radical (unpaired) electrons. The van der Waals surface area contributed by atoms with Crippen LogP contribution in [0.1, 0.15) is 18.4 Å². The average molecular weight is 453 g/mol. The first-order chi connectivity index (χ1) is 14.4. The zero-order valence-corrected chi connectivity index (χ0v) is 17.2. The molecule has 1 atom stereocenters. The van der Waals surface area contributed by atoms with E-state index in [-0.39, 0.29) is 29.8 Å². The van der Waals surface area contributed by atoms with Crippen LogP contribution < -0.4 is 9.64 Å². The Morgan fingerprint density at radius 3 is 2.90 bits per heavy atom. The van der Waals surface area contributed by atoms with Gasteiger partial charge in [-0.3, -0.25) is 14.5 Å². The first-order valence-electron chi connectivity index (χ1n) is 9.03. The minimum atomic E-state index is -1.08. The molecule has 0 bridgehead atoms. The Labute approximate surface area is 179 Å². The number of anilines is 1. The monoisotopic (exact) mass is 452 g/mol. The number of nitrogens with zero attached hydrogens (tertiary/aromatic N) is 2. The predicted octanol–water partition coefficient (Wildman–Crippen LogP) is 4.48. The molecule has 6 nitrogen and oxygen atoms in total. The second kappa shape index (κ2) is 8.16. The highest BCUT2D eigenvalue weighted by molar-refractivity contribution is 7.18. The molecule has 2 aromatic carbocycles. The van der Waals surface area contributed by atoms with Gasteiger partial charge in [-0.2, -0.15) is 0 Å². The molecule has 3 aromatic rings. The lowest BCUT2D eigenvalue weighted by Gasteiger charge is -2.33. The number of halogens is 3. The number of esters is 1. The molecule has 2 heterocycles. The molecule has 1 aliphatic heterocycles. The van der Waals surface area contributed by atoms with Gasteiger partial charge in [-0.1, -0.05) is 11.6 Å². The summed E-state index contributed by atoms with van der Waals surface area (Å²) in [5, 5.41) is 0.780. The molecular weight excluding hydrogens is 438 g/mol. The summed E-state index contributed by atoms with van der Waals surface area (Å²) >= 11 is 7.10. The van der Waals surface area contributed by atoms with Gasteiger partial charge in [0.25, 0.3) is 5.91 Å². The minimum Gasteiger partial charge on any atom is -0.478 e. The SMILES string of the molecule is CCOC(=O)CC1Oc2ccc(Cl)cc2N(Cc2nc3cc(F)cc(F)c3s2)C1=O. The lowest BCUT2D eigenvalue weighted by Crippen LogP contribution is -2.46. The van der Waals surface area contributed by atoms with Crippen LogP contribution in [0.25, 0.3) is 10.2 Å². The highest BCUT2D eigenvalue weighted by Gasteiger charge is 2.37. The van der Waals surface area contributed by atoms with Crippen LogP contribution >= 0.6 is 22.9 Å². The van der Waals surface area contributed by atoms with Crippen molar-refractivity contribution in [2.75, 3.05) is 11.5 Å². The summed E-state index contributed by atoms with van der Waals surface area (Å²) in [6.07, 6.45) is -1.34. The van der Waals surface area contributed by atoms with Crippen molar-refractivity contribution in [1.82, 2.24) is 4.98 Å². The number of carbonyl (C=O) groups excluding carboxylic acids is 2. The smallest absolute Gasteiger partial charge is 0.310 e. The maximum absolute atomic E-state index is 14.0. The van der Waals surface area contributed by atoms with Crippen LogP contribution in [0, 0.1) is 11.6 Å². The summed E-state index contributed by atoms with van der Waals surface area (Å²) in [5.74, 6) is -2.13. The van der Waals surface area contributed by atoms with Crippen molar-refractivity contribution < 1.29 is 27.8 Å². The number of thiazole rings is 1. The van der Waals surface area contributed by atoms with E-state index in [1.165, 1.54) is 4.90 Å². The molecule has 1 aromatic heterocycles. The van der Waals surface area contributed by atoms with Gasteiger partial charge in [-0.25, -0.2) is 13.8 Å². The third kappa shape index (κ3) is 3.95. The van der Waals surface area contributed by atoms with Crippen LogP contribution in [0.4, 0.5) is 14.5 Å². The molecule has 0 aliphatic carbocycles. The van der Waals surface area contributed by atoms with Crippen LogP contribution in [0.15, 0.2) is 30.3 Å². The van der Waals surface area contributed by atoms with Crippen molar-refractivity contribution in [3.63, 3.8) is 0 Å². The molecule has 0 spiro atoms. The van der Waals surface area contributed by atoms with Crippen LogP contribution in [0.2, 0.25) is 5.02 Å². The van der Waals surface area contributed by atoms with Crippen molar-refractivity contribution >= 4 is 50.7 Å². The first kappa shape index (κ1) is 20.5. The fourth-order valence-electron chi connectivity index (χ4n) is 3.17. The van der Waals surface area contributed by atoms with E-state index in [9.17, 15) is 18.4 Å². The van der Waals surface area contributed by atoms with E-state index in [1.807, 2.05) is 0 Å². The number of hydrogen-bond donors (Lipinski definition) is 0. The number of rotatable bonds is 5. The number of benzene rings is 2. The van der Waals surface area contributed by atoms with E-state index in [4.69, 9.17) is 21.1 Å². The Balaban J connectivity index is 1.69. The number of aromatic nitrogens is 1. The Kier molecular flexibility index (Phi) is 5.57. The number of amides is 1.